The number of amides is 2. The van der Waals surface area contributed by atoms with Crippen molar-refractivity contribution in [3.63, 3.8) is 0 Å². The van der Waals surface area contributed by atoms with Gasteiger partial charge in [-0.1, -0.05) is 12.1 Å². The lowest BCUT2D eigenvalue weighted by Crippen LogP contribution is -2.41. The Kier molecular flexibility index (Phi) is 6.19. The largest absolute Gasteiger partial charge is 0.496 e. The zero-order valence-electron chi connectivity index (χ0n) is 16.3. The van der Waals surface area contributed by atoms with Crippen molar-refractivity contribution in [3.8, 4) is 11.5 Å². The van der Waals surface area contributed by atoms with Crippen LogP contribution in [0.25, 0.3) is 0 Å². The molecule has 2 aromatic carbocycles. The van der Waals surface area contributed by atoms with Crippen molar-refractivity contribution in [1.29, 1.82) is 0 Å². The molecule has 28 heavy (non-hydrogen) atoms. The number of likely N-dealkylation sites (tertiary alicyclic amines) is 1. The molecular formula is C22H26N2O4. The van der Waals surface area contributed by atoms with Crippen LogP contribution in [0.1, 0.15) is 34.3 Å². The highest BCUT2D eigenvalue weighted by molar-refractivity contribution is 5.94. The van der Waals surface area contributed by atoms with Gasteiger partial charge in [0.15, 0.2) is 0 Å². The van der Waals surface area contributed by atoms with Crippen molar-refractivity contribution in [1.82, 2.24) is 4.90 Å². The summed E-state index contributed by atoms with van der Waals surface area (Å²) >= 11 is 0. The first-order chi connectivity index (χ1) is 13.5. The second-order valence-corrected chi connectivity index (χ2v) is 7.10. The predicted molar refractivity (Wildman–Crippen MR) is 106 cm³/mol. The number of methoxy groups -OCH3 is 1. The molecule has 0 radical (unpaired) electrons. The Morgan fingerprint density at radius 2 is 1.89 bits per heavy atom. The number of nitrogens with two attached hydrogens (primary N) is 1. The van der Waals surface area contributed by atoms with Gasteiger partial charge in [-0.05, 0) is 55.7 Å². The van der Waals surface area contributed by atoms with E-state index in [0.29, 0.717) is 43.9 Å². The molecule has 1 fully saturated rings. The molecule has 2 amide bonds. The van der Waals surface area contributed by atoms with Crippen molar-refractivity contribution in [3.05, 3.63) is 59.2 Å². The topological polar surface area (TPSA) is 81.9 Å². The summed E-state index contributed by atoms with van der Waals surface area (Å²) in [5.74, 6) is 0.969. The third kappa shape index (κ3) is 4.63. The predicted octanol–water partition coefficient (Wildman–Crippen LogP) is 2.92. The lowest BCUT2D eigenvalue weighted by Gasteiger charge is -2.30. The zero-order valence-corrected chi connectivity index (χ0v) is 16.3. The lowest BCUT2D eigenvalue weighted by molar-refractivity contribution is -0.123. The van der Waals surface area contributed by atoms with E-state index in [4.69, 9.17) is 15.2 Å². The van der Waals surface area contributed by atoms with Crippen LogP contribution in [0.15, 0.2) is 42.5 Å². The summed E-state index contributed by atoms with van der Waals surface area (Å²) in [5, 5.41) is 0. The first-order valence-electron chi connectivity index (χ1n) is 9.43. The van der Waals surface area contributed by atoms with E-state index in [1.165, 1.54) is 0 Å². The van der Waals surface area contributed by atoms with Gasteiger partial charge in [0.2, 0.25) is 5.91 Å². The molecule has 0 aliphatic carbocycles. The van der Waals surface area contributed by atoms with Gasteiger partial charge in [0.25, 0.3) is 5.91 Å². The van der Waals surface area contributed by atoms with Crippen LogP contribution in [0.5, 0.6) is 11.5 Å². The molecular weight excluding hydrogens is 356 g/mol. The summed E-state index contributed by atoms with van der Waals surface area (Å²) < 4.78 is 11.3. The molecule has 6 heteroatoms. The van der Waals surface area contributed by atoms with Crippen LogP contribution in [0.4, 0.5) is 0 Å². The van der Waals surface area contributed by atoms with Crippen LogP contribution in [0.3, 0.4) is 0 Å². The SMILES string of the molecule is COc1ccc(C(=O)N2CCC(C(N)=O)CC2)cc1COc1cccc(C)c1. The highest BCUT2D eigenvalue weighted by atomic mass is 16.5. The number of piperidine rings is 1. The smallest absolute Gasteiger partial charge is 0.253 e. The summed E-state index contributed by atoms with van der Waals surface area (Å²) in [6, 6.07) is 13.2. The number of hydrogen-bond acceptors (Lipinski definition) is 4. The number of carbonyl (C=O) groups excluding carboxylic acids is 2. The average molecular weight is 382 g/mol. The monoisotopic (exact) mass is 382 g/mol. The highest BCUT2D eigenvalue weighted by Gasteiger charge is 2.26. The molecule has 2 aromatic rings. The number of benzene rings is 2. The Bertz CT molecular complexity index is 857. The van der Waals surface area contributed by atoms with Gasteiger partial charge in [0.1, 0.15) is 18.1 Å². The molecule has 0 unspecified atom stereocenters. The molecule has 0 bridgehead atoms. The summed E-state index contributed by atoms with van der Waals surface area (Å²) in [7, 11) is 1.60. The molecule has 3 rings (SSSR count). The van der Waals surface area contributed by atoms with E-state index in [1.807, 2.05) is 37.3 Å². The van der Waals surface area contributed by atoms with Crippen LogP contribution in [0.2, 0.25) is 0 Å². The van der Waals surface area contributed by atoms with Crippen LogP contribution >= 0.6 is 0 Å². The Morgan fingerprint density at radius 1 is 1.14 bits per heavy atom. The first kappa shape index (κ1) is 19.7. The number of nitrogens with zero attached hydrogens (tertiary/aromatic N) is 1. The van der Waals surface area contributed by atoms with E-state index in [-0.39, 0.29) is 17.7 Å². The number of aryl methyl sites for hydroxylation is 1. The second kappa shape index (κ2) is 8.78. The summed E-state index contributed by atoms with van der Waals surface area (Å²) in [6.45, 7) is 3.38. The number of carbonyl (C=O) groups is 2. The molecule has 0 saturated carbocycles. The molecule has 0 spiro atoms. The van der Waals surface area contributed by atoms with Gasteiger partial charge in [-0.3, -0.25) is 9.59 Å². The van der Waals surface area contributed by atoms with Gasteiger partial charge in [-0.2, -0.15) is 0 Å². The fraction of sp³-hybridized carbons (Fsp3) is 0.364. The van der Waals surface area contributed by atoms with Crippen molar-refractivity contribution in [2.75, 3.05) is 20.2 Å². The molecule has 0 atom stereocenters. The molecule has 2 N–H and O–H groups in total. The molecule has 1 aliphatic heterocycles. The van der Waals surface area contributed by atoms with Gasteiger partial charge < -0.3 is 20.1 Å². The molecule has 1 aliphatic rings. The van der Waals surface area contributed by atoms with Crippen LogP contribution < -0.4 is 15.2 Å². The van der Waals surface area contributed by atoms with E-state index in [1.54, 1.807) is 24.1 Å². The van der Waals surface area contributed by atoms with Gasteiger partial charge in [-0.15, -0.1) is 0 Å². The minimum absolute atomic E-state index is 0.0534. The third-order valence-corrected chi connectivity index (χ3v) is 5.10. The minimum Gasteiger partial charge on any atom is -0.496 e. The van der Waals surface area contributed by atoms with Crippen LogP contribution in [-0.2, 0) is 11.4 Å². The Labute approximate surface area is 165 Å². The lowest BCUT2D eigenvalue weighted by atomic mass is 9.95. The van der Waals surface area contributed by atoms with Gasteiger partial charge in [0, 0.05) is 30.1 Å². The summed E-state index contributed by atoms with van der Waals surface area (Å²) in [4.78, 5) is 26.0. The quantitative estimate of drug-likeness (QED) is 0.833. The molecule has 1 heterocycles. The van der Waals surface area contributed by atoms with E-state index in [0.717, 1.165) is 16.9 Å². The van der Waals surface area contributed by atoms with E-state index in [9.17, 15) is 9.59 Å². The van der Waals surface area contributed by atoms with E-state index in [2.05, 4.69) is 0 Å². The summed E-state index contributed by atoms with van der Waals surface area (Å²) in [5.41, 5.74) is 7.88. The first-order valence-corrected chi connectivity index (χ1v) is 9.43. The maximum Gasteiger partial charge on any atom is 0.253 e. The number of primary amides is 1. The fourth-order valence-electron chi connectivity index (χ4n) is 3.44. The Hall–Kier alpha value is -3.02. The van der Waals surface area contributed by atoms with Crippen LogP contribution in [-0.4, -0.2) is 36.9 Å². The molecule has 0 aromatic heterocycles. The standard InChI is InChI=1S/C22H26N2O4/c1-15-4-3-5-19(12-15)28-14-18-13-17(6-7-20(18)27-2)22(26)24-10-8-16(9-11-24)21(23)25/h3-7,12-13,16H,8-11,14H2,1-2H3,(H2,23,25). The normalized spacial score (nSPS) is 14.6. The summed E-state index contributed by atoms with van der Waals surface area (Å²) in [6.07, 6.45) is 1.22. The Balaban J connectivity index is 1.71. The number of rotatable bonds is 6. The molecule has 6 nitrogen and oxygen atoms in total. The van der Waals surface area contributed by atoms with E-state index < -0.39 is 0 Å². The van der Waals surface area contributed by atoms with Gasteiger partial charge >= 0.3 is 0 Å². The van der Waals surface area contributed by atoms with E-state index >= 15 is 0 Å². The highest BCUT2D eigenvalue weighted by Crippen LogP contribution is 2.25. The second-order valence-electron chi connectivity index (χ2n) is 7.10. The molecule has 1 saturated heterocycles. The van der Waals surface area contributed by atoms with Crippen molar-refractivity contribution >= 4 is 11.8 Å². The average Bonchev–Trinajstić information content (AvgIpc) is 2.71. The van der Waals surface area contributed by atoms with Crippen molar-refractivity contribution in [2.24, 2.45) is 11.7 Å². The van der Waals surface area contributed by atoms with Crippen molar-refractivity contribution in [2.45, 2.75) is 26.4 Å². The third-order valence-electron chi connectivity index (χ3n) is 5.10. The number of hydrogen-bond donors (Lipinski definition) is 1. The Morgan fingerprint density at radius 3 is 2.54 bits per heavy atom. The fourth-order valence-corrected chi connectivity index (χ4v) is 3.44. The van der Waals surface area contributed by atoms with Crippen LogP contribution in [0, 0.1) is 12.8 Å². The zero-order chi connectivity index (χ0) is 20.1. The number of ether oxygens (including phenoxy) is 2. The van der Waals surface area contributed by atoms with Gasteiger partial charge in [0.05, 0.1) is 7.11 Å². The van der Waals surface area contributed by atoms with Crippen molar-refractivity contribution < 1.29 is 19.1 Å². The molecule has 148 valence electrons. The van der Waals surface area contributed by atoms with Gasteiger partial charge in [-0.25, -0.2) is 0 Å². The maximum atomic E-state index is 12.9. The maximum absolute atomic E-state index is 12.9. The minimum atomic E-state index is -0.285.